The average Bonchev–Trinajstić information content (AvgIpc) is 2.89. The summed E-state index contributed by atoms with van der Waals surface area (Å²) in [6.07, 6.45) is 0.834. The number of rotatable bonds is 4. The van der Waals surface area contributed by atoms with Crippen LogP contribution in [-0.4, -0.2) is 19.0 Å². The molecular formula is C16H23FN2O. The lowest BCUT2D eigenvalue weighted by atomic mass is 9.75. The van der Waals surface area contributed by atoms with Gasteiger partial charge in [0.05, 0.1) is 11.5 Å². The number of hydrogen-bond acceptors (Lipinski definition) is 2. The molecule has 2 N–H and O–H groups in total. The first-order valence-electron chi connectivity index (χ1n) is 7.23. The van der Waals surface area contributed by atoms with Crippen molar-refractivity contribution in [2.45, 2.75) is 33.2 Å². The average molecular weight is 278 g/mol. The minimum absolute atomic E-state index is 0.0215. The summed E-state index contributed by atoms with van der Waals surface area (Å²) >= 11 is 0. The predicted octanol–water partition coefficient (Wildman–Crippen LogP) is 2.64. The molecule has 1 aromatic rings. The highest BCUT2D eigenvalue weighted by Gasteiger charge is 2.44. The summed E-state index contributed by atoms with van der Waals surface area (Å²) in [5, 5.41) is 6.25. The summed E-state index contributed by atoms with van der Waals surface area (Å²) in [6, 6.07) is 6.27. The molecule has 0 spiro atoms. The maximum Gasteiger partial charge on any atom is 0.228 e. The van der Waals surface area contributed by atoms with Gasteiger partial charge in [-0.05, 0) is 31.9 Å². The standard InChI is InChI=1S/C16H23FN2O/c1-11(2)16(8-9-18-10-16)15(20)19-12(3)13-6-4-5-7-14(13)17/h4-7,11-12,18H,8-10H2,1-3H3,(H,19,20). The first-order chi connectivity index (χ1) is 9.47. The minimum Gasteiger partial charge on any atom is -0.349 e. The Morgan fingerprint density at radius 2 is 2.05 bits per heavy atom. The Hall–Kier alpha value is -1.42. The topological polar surface area (TPSA) is 41.1 Å². The van der Waals surface area contributed by atoms with E-state index in [1.807, 2.05) is 6.92 Å². The lowest BCUT2D eigenvalue weighted by Crippen LogP contribution is -2.46. The third-order valence-electron chi connectivity index (χ3n) is 4.47. The minimum atomic E-state index is -0.375. The van der Waals surface area contributed by atoms with Gasteiger partial charge in [0, 0.05) is 12.1 Å². The highest BCUT2D eigenvalue weighted by molar-refractivity contribution is 5.84. The fraction of sp³-hybridized carbons (Fsp3) is 0.562. The third-order valence-corrected chi connectivity index (χ3v) is 4.47. The molecule has 0 radical (unpaired) electrons. The van der Waals surface area contributed by atoms with Gasteiger partial charge in [-0.3, -0.25) is 4.79 Å². The molecule has 1 amide bonds. The Morgan fingerprint density at radius 1 is 1.35 bits per heavy atom. The van der Waals surface area contributed by atoms with Crippen LogP contribution >= 0.6 is 0 Å². The molecule has 0 saturated carbocycles. The van der Waals surface area contributed by atoms with Gasteiger partial charge in [-0.25, -0.2) is 4.39 Å². The van der Waals surface area contributed by atoms with Crippen LogP contribution in [-0.2, 0) is 4.79 Å². The molecule has 2 unspecified atom stereocenters. The van der Waals surface area contributed by atoms with E-state index in [1.54, 1.807) is 18.2 Å². The number of nitrogens with one attached hydrogen (secondary N) is 2. The van der Waals surface area contributed by atoms with E-state index in [0.717, 1.165) is 13.0 Å². The van der Waals surface area contributed by atoms with E-state index in [9.17, 15) is 9.18 Å². The Bertz CT molecular complexity index is 481. The predicted molar refractivity (Wildman–Crippen MR) is 77.7 cm³/mol. The van der Waals surface area contributed by atoms with Crippen molar-refractivity contribution >= 4 is 5.91 Å². The van der Waals surface area contributed by atoms with Crippen LogP contribution in [0.4, 0.5) is 4.39 Å². The lowest BCUT2D eigenvalue weighted by Gasteiger charge is -2.32. The van der Waals surface area contributed by atoms with Crippen LogP contribution in [0.2, 0.25) is 0 Å². The zero-order valence-corrected chi connectivity index (χ0v) is 12.4. The van der Waals surface area contributed by atoms with E-state index in [4.69, 9.17) is 0 Å². The van der Waals surface area contributed by atoms with Crippen molar-refractivity contribution in [1.82, 2.24) is 10.6 Å². The van der Waals surface area contributed by atoms with Gasteiger partial charge in [-0.2, -0.15) is 0 Å². The summed E-state index contributed by atoms with van der Waals surface area (Å²) in [4.78, 5) is 12.6. The summed E-state index contributed by atoms with van der Waals surface area (Å²) in [6.45, 7) is 7.52. The number of carbonyl (C=O) groups excluding carboxylic acids is 1. The summed E-state index contributed by atoms with van der Waals surface area (Å²) in [5.74, 6) is 0.00187. The zero-order valence-electron chi connectivity index (χ0n) is 12.4. The highest BCUT2D eigenvalue weighted by atomic mass is 19.1. The van der Waals surface area contributed by atoms with E-state index in [-0.39, 0.29) is 29.1 Å². The molecule has 4 heteroatoms. The second-order valence-corrected chi connectivity index (χ2v) is 5.95. The van der Waals surface area contributed by atoms with Crippen molar-refractivity contribution in [3.8, 4) is 0 Å². The van der Waals surface area contributed by atoms with Gasteiger partial charge in [0.25, 0.3) is 0 Å². The number of amides is 1. The summed E-state index contributed by atoms with van der Waals surface area (Å²) in [7, 11) is 0. The Morgan fingerprint density at radius 3 is 2.60 bits per heavy atom. The van der Waals surface area contributed by atoms with Crippen LogP contribution in [0.1, 0.15) is 38.8 Å². The first-order valence-corrected chi connectivity index (χ1v) is 7.23. The maximum atomic E-state index is 13.8. The number of hydrogen-bond donors (Lipinski definition) is 2. The molecule has 1 aliphatic rings. The maximum absolute atomic E-state index is 13.8. The molecular weight excluding hydrogens is 255 g/mol. The van der Waals surface area contributed by atoms with Crippen LogP contribution in [0, 0.1) is 17.2 Å². The van der Waals surface area contributed by atoms with Gasteiger partial charge in [0.1, 0.15) is 5.82 Å². The van der Waals surface area contributed by atoms with E-state index in [2.05, 4.69) is 24.5 Å². The molecule has 1 aromatic carbocycles. The normalized spacial score (nSPS) is 23.9. The van der Waals surface area contributed by atoms with Gasteiger partial charge < -0.3 is 10.6 Å². The van der Waals surface area contributed by atoms with E-state index >= 15 is 0 Å². The largest absolute Gasteiger partial charge is 0.349 e. The van der Waals surface area contributed by atoms with Crippen molar-refractivity contribution in [3.63, 3.8) is 0 Å². The molecule has 1 saturated heterocycles. The summed E-state index contributed by atoms with van der Waals surface area (Å²) < 4.78 is 13.8. The fourth-order valence-electron chi connectivity index (χ4n) is 2.90. The molecule has 1 fully saturated rings. The number of benzene rings is 1. The van der Waals surface area contributed by atoms with Crippen molar-refractivity contribution in [1.29, 1.82) is 0 Å². The first kappa shape index (κ1) is 15.0. The lowest BCUT2D eigenvalue weighted by molar-refractivity contribution is -0.133. The van der Waals surface area contributed by atoms with Gasteiger partial charge in [-0.1, -0.05) is 32.0 Å². The Kier molecular flexibility index (Phi) is 4.43. The van der Waals surface area contributed by atoms with Crippen LogP contribution in [0.15, 0.2) is 24.3 Å². The van der Waals surface area contributed by atoms with Crippen molar-refractivity contribution < 1.29 is 9.18 Å². The molecule has 3 nitrogen and oxygen atoms in total. The molecule has 20 heavy (non-hydrogen) atoms. The van der Waals surface area contributed by atoms with Gasteiger partial charge in [0.2, 0.25) is 5.91 Å². The quantitative estimate of drug-likeness (QED) is 0.889. The van der Waals surface area contributed by atoms with Gasteiger partial charge >= 0.3 is 0 Å². The molecule has 110 valence electrons. The Balaban J connectivity index is 2.13. The van der Waals surface area contributed by atoms with E-state index in [1.165, 1.54) is 6.07 Å². The van der Waals surface area contributed by atoms with Gasteiger partial charge in [-0.15, -0.1) is 0 Å². The molecule has 0 bridgehead atoms. The van der Waals surface area contributed by atoms with Gasteiger partial charge in [0.15, 0.2) is 0 Å². The molecule has 0 aliphatic carbocycles. The molecule has 2 atom stereocenters. The highest BCUT2D eigenvalue weighted by Crippen LogP contribution is 2.35. The van der Waals surface area contributed by atoms with Crippen molar-refractivity contribution in [2.75, 3.05) is 13.1 Å². The SMILES string of the molecule is CC(NC(=O)C1(C(C)C)CCNC1)c1ccccc1F. The van der Waals surface area contributed by atoms with Crippen LogP contribution in [0.5, 0.6) is 0 Å². The molecule has 2 rings (SSSR count). The van der Waals surface area contributed by atoms with E-state index in [0.29, 0.717) is 12.1 Å². The second-order valence-electron chi connectivity index (χ2n) is 5.95. The van der Waals surface area contributed by atoms with Crippen molar-refractivity contribution in [3.05, 3.63) is 35.6 Å². The van der Waals surface area contributed by atoms with Crippen LogP contribution < -0.4 is 10.6 Å². The monoisotopic (exact) mass is 278 g/mol. The fourth-order valence-corrected chi connectivity index (χ4v) is 2.90. The molecule has 0 aromatic heterocycles. The van der Waals surface area contributed by atoms with E-state index < -0.39 is 0 Å². The third kappa shape index (κ3) is 2.70. The number of halogens is 1. The molecule has 1 aliphatic heterocycles. The smallest absolute Gasteiger partial charge is 0.228 e. The second kappa shape index (κ2) is 5.92. The van der Waals surface area contributed by atoms with Crippen LogP contribution in [0.25, 0.3) is 0 Å². The number of carbonyl (C=O) groups is 1. The summed E-state index contributed by atoms with van der Waals surface area (Å²) in [5.41, 5.74) is 0.158. The van der Waals surface area contributed by atoms with Crippen LogP contribution in [0.3, 0.4) is 0 Å². The Labute approximate surface area is 120 Å². The van der Waals surface area contributed by atoms with Crippen molar-refractivity contribution in [2.24, 2.45) is 11.3 Å². The zero-order chi connectivity index (χ0) is 14.8. The molecule has 1 heterocycles.